The third-order valence-electron chi connectivity index (χ3n) is 5.29. The fraction of sp³-hybridized carbons (Fsp3) is 0.261. The number of benzene rings is 2. The Balaban J connectivity index is 1.43. The van der Waals surface area contributed by atoms with Gasteiger partial charge < -0.3 is 10.2 Å². The van der Waals surface area contributed by atoms with Gasteiger partial charge in [0.25, 0.3) is 0 Å². The molecule has 1 unspecified atom stereocenters. The van der Waals surface area contributed by atoms with Crippen LogP contribution in [0.3, 0.4) is 0 Å². The first-order valence-corrected chi connectivity index (χ1v) is 9.79. The fourth-order valence-electron chi connectivity index (χ4n) is 3.60. The third-order valence-corrected chi connectivity index (χ3v) is 5.29. The van der Waals surface area contributed by atoms with Gasteiger partial charge in [-0.3, -0.25) is 4.79 Å². The number of nitrogens with zero attached hydrogens (tertiary/aromatic N) is 3. The molecule has 0 aliphatic carbocycles. The van der Waals surface area contributed by atoms with E-state index in [4.69, 9.17) is 0 Å². The normalized spacial score (nSPS) is 16.5. The van der Waals surface area contributed by atoms with Crippen molar-refractivity contribution in [3.63, 3.8) is 0 Å². The van der Waals surface area contributed by atoms with Gasteiger partial charge in [-0.2, -0.15) is 0 Å². The molecule has 29 heavy (non-hydrogen) atoms. The number of aryl methyl sites for hydroxylation is 1. The molecule has 5 nitrogen and oxygen atoms in total. The summed E-state index contributed by atoms with van der Waals surface area (Å²) in [5.41, 5.74) is 3.61. The molecule has 1 N–H and O–H groups in total. The molecule has 2 heterocycles. The number of carbonyl (C=O) groups is 1. The van der Waals surface area contributed by atoms with E-state index in [-0.39, 0.29) is 17.6 Å². The van der Waals surface area contributed by atoms with Crippen molar-refractivity contribution in [1.29, 1.82) is 0 Å². The van der Waals surface area contributed by atoms with Gasteiger partial charge >= 0.3 is 0 Å². The van der Waals surface area contributed by atoms with Crippen LogP contribution in [0.4, 0.5) is 16.0 Å². The zero-order valence-electron chi connectivity index (χ0n) is 16.3. The van der Waals surface area contributed by atoms with Crippen molar-refractivity contribution in [1.82, 2.24) is 9.97 Å². The van der Waals surface area contributed by atoms with Crippen LogP contribution in [0.25, 0.3) is 11.1 Å². The summed E-state index contributed by atoms with van der Waals surface area (Å²) < 4.78 is 13.1. The third kappa shape index (κ3) is 4.42. The van der Waals surface area contributed by atoms with Crippen LogP contribution in [0.2, 0.25) is 0 Å². The highest BCUT2D eigenvalue weighted by molar-refractivity contribution is 5.93. The van der Waals surface area contributed by atoms with Crippen LogP contribution in [0, 0.1) is 18.7 Å². The summed E-state index contributed by atoms with van der Waals surface area (Å²) in [5.74, 6) is 0.273. The Morgan fingerprint density at radius 2 is 1.79 bits per heavy atom. The number of halogens is 1. The molecule has 148 valence electrons. The molecule has 6 heteroatoms. The number of para-hydroxylation sites is 1. The Labute approximate surface area is 169 Å². The average Bonchev–Trinajstić information content (AvgIpc) is 2.76. The maximum absolute atomic E-state index is 13.1. The molecule has 1 atom stereocenters. The zero-order chi connectivity index (χ0) is 20.2. The van der Waals surface area contributed by atoms with E-state index in [9.17, 15) is 9.18 Å². The van der Waals surface area contributed by atoms with Gasteiger partial charge in [-0.25, -0.2) is 14.4 Å². The summed E-state index contributed by atoms with van der Waals surface area (Å²) >= 11 is 0. The van der Waals surface area contributed by atoms with E-state index in [1.807, 2.05) is 31.2 Å². The first kappa shape index (κ1) is 19.1. The monoisotopic (exact) mass is 390 g/mol. The molecular weight excluding hydrogens is 367 g/mol. The van der Waals surface area contributed by atoms with E-state index in [2.05, 4.69) is 20.2 Å². The number of piperidine rings is 1. The highest BCUT2D eigenvalue weighted by Gasteiger charge is 2.27. The van der Waals surface area contributed by atoms with Gasteiger partial charge in [0.2, 0.25) is 11.9 Å². The van der Waals surface area contributed by atoms with E-state index in [0.29, 0.717) is 12.5 Å². The molecule has 3 aromatic rings. The highest BCUT2D eigenvalue weighted by atomic mass is 19.1. The van der Waals surface area contributed by atoms with Crippen molar-refractivity contribution in [2.75, 3.05) is 23.3 Å². The van der Waals surface area contributed by atoms with Crippen LogP contribution in [0.15, 0.2) is 60.9 Å². The Bertz CT molecular complexity index is 989. The Morgan fingerprint density at radius 3 is 2.52 bits per heavy atom. The van der Waals surface area contributed by atoms with E-state index >= 15 is 0 Å². The molecule has 0 bridgehead atoms. The number of rotatable bonds is 4. The molecular formula is C23H23FN4O. The molecule has 0 spiro atoms. The van der Waals surface area contributed by atoms with Gasteiger partial charge in [0.1, 0.15) is 5.82 Å². The number of hydrogen-bond acceptors (Lipinski definition) is 4. The summed E-state index contributed by atoms with van der Waals surface area (Å²) in [6.45, 7) is 3.40. The minimum atomic E-state index is -0.269. The van der Waals surface area contributed by atoms with Crippen molar-refractivity contribution in [2.24, 2.45) is 5.92 Å². The first-order valence-electron chi connectivity index (χ1n) is 9.79. The largest absolute Gasteiger partial charge is 0.340 e. The van der Waals surface area contributed by atoms with Gasteiger partial charge in [-0.15, -0.1) is 0 Å². The highest BCUT2D eigenvalue weighted by Crippen LogP contribution is 2.24. The van der Waals surface area contributed by atoms with Gasteiger partial charge in [0.05, 0.1) is 5.92 Å². The predicted octanol–water partition coefficient (Wildman–Crippen LogP) is 4.45. The lowest BCUT2D eigenvalue weighted by molar-refractivity contribution is -0.120. The second-order valence-electron chi connectivity index (χ2n) is 7.37. The van der Waals surface area contributed by atoms with E-state index in [0.717, 1.165) is 41.8 Å². The number of nitrogens with one attached hydrogen (secondary N) is 1. The summed E-state index contributed by atoms with van der Waals surface area (Å²) in [6, 6.07) is 14.1. The predicted molar refractivity (Wildman–Crippen MR) is 112 cm³/mol. The van der Waals surface area contributed by atoms with Crippen LogP contribution in [0.5, 0.6) is 0 Å². The molecule has 1 saturated heterocycles. The van der Waals surface area contributed by atoms with Crippen molar-refractivity contribution in [3.05, 3.63) is 72.3 Å². The lowest BCUT2D eigenvalue weighted by Gasteiger charge is -2.32. The van der Waals surface area contributed by atoms with Gasteiger partial charge in [0.15, 0.2) is 0 Å². The molecule has 1 aromatic heterocycles. The van der Waals surface area contributed by atoms with Gasteiger partial charge in [-0.05, 0) is 49.1 Å². The van der Waals surface area contributed by atoms with Crippen molar-refractivity contribution < 1.29 is 9.18 Å². The summed E-state index contributed by atoms with van der Waals surface area (Å²) in [4.78, 5) is 23.8. The maximum Gasteiger partial charge on any atom is 0.229 e. The van der Waals surface area contributed by atoms with E-state index in [1.165, 1.54) is 12.1 Å². The smallest absolute Gasteiger partial charge is 0.229 e. The number of amides is 1. The van der Waals surface area contributed by atoms with E-state index < -0.39 is 0 Å². The van der Waals surface area contributed by atoms with Crippen LogP contribution in [-0.4, -0.2) is 29.0 Å². The molecule has 0 saturated carbocycles. The Morgan fingerprint density at radius 1 is 1.07 bits per heavy atom. The molecule has 1 aliphatic rings. The lowest BCUT2D eigenvalue weighted by Crippen LogP contribution is -2.41. The second-order valence-corrected chi connectivity index (χ2v) is 7.37. The van der Waals surface area contributed by atoms with Crippen LogP contribution >= 0.6 is 0 Å². The van der Waals surface area contributed by atoms with Crippen LogP contribution < -0.4 is 10.2 Å². The maximum atomic E-state index is 13.1. The number of aromatic nitrogens is 2. The van der Waals surface area contributed by atoms with Gasteiger partial charge in [-0.1, -0.05) is 30.3 Å². The molecule has 1 amide bonds. The van der Waals surface area contributed by atoms with Crippen molar-refractivity contribution in [3.8, 4) is 11.1 Å². The fourth-order valence-corrected chi connectivity index (χ4v) is 3.60. The topological polar surface area (TPSA) is 58.1 Å². The molecule has 4 rings (SSSR count). The number of carbonyl (C=O) groups excluding carboxylic acids is 1. The van der Waals surface area contributed by atoms with Crippen molar-refractivity contribution >= 4 is 17.5 Å². The molecule has 1 fully saturated rings. The molecule has 2 aromatic carbocycles. The average molecular weight is 390 g/mol. The summed E-state index contributed by atoms with van der Waals surface area (Å²) in [6.07, 6.45) is 5.25. The molecule has 0 radical (unpaired) electrons. The quantitative estimate of drug-likeness (QED) is 0.715. The van der Waals surface area contributed by atoms with Gasteiger partial charge in [0, 0.05) is 36.7 Å². The van der Waals surface area contributed by atoms with Crippen molar-refractivity contribution in [2.45, 2.75) is 19.8 Å². The van der Waals surface area contributed by atoms with E-state index in [1.54, 1.807) is 24.5 Å². The lowest BCUT2D eigenvalue weighted by atomic mass is 9.97. The first-order chi connectivity index (χ1) is 14.1. The second kappa shape index (κ2) is 8.39. The summed E-state index contributed by atoms with van der Waals surface area (Å²) in [7, 11) is 0. The molecule has 1 aliphatic heterocycles. The summed E-state index contributed by atoms with van der Waals surface area (Å²) in [5, 5.41) is 3.05. The Kier molecular flexibility index (Phi) is 5.51. The number of hydrogen-bond donors (Lipinski definition) is 1. The standard InChI is InChI=1S/C23H23FN4O/c1-16-5-2-3-7-21(16)27-22(29)18-6-4-12-28(15-18)23-25-13-19(14-26-23)17-8-10-20(24)11-9-17/h2-3,5,7-11,13-14,18H,4,6,12,15H2,1H3,(H,27,29). The van der Waals surface area contributed by atoms with Crippen LogP contribution in [0.1, 0.15) is 18.4 Å². The minimum Gasteiger partial charge on any atom is -0.340 e. The zero-order valence-corrected chi connectivity index (χ0v) is 16.3. The number of anilines is 2. The van der Waals surface area contributed by atoms with Crippen LogP contribution in [-0.2, 0) is 4.79 Å². The Hall–Kier alpha value is -3.28. The minimum absolute atomic E-state index is 0.0342. The SMILES string of the molecule is Cc1ccccc1NC(=O)C1CCCN(c2ncc(-c3ccc(F)cc3)cn2)C1.